The number of nitrogens with two attached hydrogens (primary N) is 1. The third kappa shape index (κ3) is 2.60. The highest BCUT2D eigenvalue weighted by molar-refractivity contribution is 7.09. The number of nitrogen functional groups attached to an aromatic ring is 1. The van der Waals surface area contributed by atoms with Gasteiger partial charge in [-0.1, -0.05) is 5.16 Å². The second-order valence-electron chi connectivity index (χ2n) is 4.02. The number of hydrogen-bond donors (Lipinski definition) is 1. The molecular weight excluding hydrogens is 262 g/mol. The molecule has 0 aliphatic carbocycles. The summed E-state index contributed by atoms with van der Waals surface area (Å²) in [5.41, 5.74) is 7.33. The molecule has 0 bridgehead atoms. The third-order valence-corrected chi connectivity index (χ3v) is 3.32. The van der Waals surface area contributed by atoms with Crippen LogP contribution in [0.25, 0.3) is 11.5 Å². The van der Waals surface area contributed by atoms with Crippen molar-refractivity contribution in [2.24, 2.45) is 0 Å². The summed E-state index contributed by atoms with van der Waals surface area (Å²) >= 11 is 1.61. The molecule has 3 aromatic heterocycles. The highest BCUT2D eigenvalue weighted by Crippen LogP contribution is 2.19. The number of rotatable bonds is 3. The Kier molecular flexibility index (Phi) is 2.96. The van der Waals surface area contributed by atoms with Crippen LogP contribution in [0.3, 0.4) is 0 Å². The summed E-state index contributed by atoms with van der Waals surface area (Å²) in [5.74, 6) is 1.47. The number of thiazole rings is 1. The largest absolute Gasteiger partial charge is 0.384 e. The van der Waals surface area contributed by atoms with Crippen LogP contribution in [0.15, 0.2) is 28.2 Å². The van der Waals surface area contributed by atoms with Gasteiger partial charge in [0.05, 0.1) is 17.1 Å². The van der Waals surface area contributed by atoms with Gasteiger partial charge in [-0.05, 0) is 19.1 Å². The first-order chi connectivity index (χ1) is 9.20. The van der Waals surface area contributed by atoms with E-state index in [0.29, 0.717) is 24.0 Å². The van der Waals surface area contributed by atoms with E-state index in [4.69, 9.17) is 10.3 Å². The smallest absolute Gasteiger partial charge is 0.258 e. The Balaban J connectivity index is 1.83. The number of nitrogens with zero attached hydrogens (tertiary/aromatic N) is 4. The molecule has 7 heteroatoms. The van der Waals surface area contributed by atoms with Crippen LogP contribution < -0.4 is 5.73 Å². The number of pyridine rings is 1. The second kappa shape index (κ2) is 4.77. The summed E-state index contributed by atoms with van der Waals surface area (Å²) in [7, 11) is 0. The first-order valence-electron chi connectivity index (χ1n) is 5.66. The zero-order valence-corrected chi connectivity index (χ0v) is 11.0. The molecule has 0 atom stereocenters. The molecule has 19 heavy (non-hydrogen) atoms. The van der Waals surface area contributed by atoms with Crippen LogP contribution in [0.2, 0.25) is 0 Å². The van der Waals surface area contributed by atoms with E-state index >= 15 is 0 Å². The Bertz CT molecular complexity index is 705. The standard InChI is InChI=1S/C12H11N5OS/c1-7-15-9(6-19-7)5-11-16-12(18-17-11)8-2-3-14-10(13)4-8/h2-4,6H,5H2,1H3,(H2,13,14). The Morgan fingerprint density at radius 1 is 1.37 bits per heavy atom. The molecule has 0 aliphatic rings. The third-order valence-electron chi connectivity index (χ3n) is 2.50. The maximum atomic E-state index is 5.62. The molecule has 3 aromatic rings. The van der Waals surface area contributed by atoms with Crippen LogP contribution in [0.5, 0.6) is 0 Å². The van der Waals surface area contributed by atoms with Crippen LogP contribution in [-0.2, 0) is 6.42 Å². The topological polar surface area (TPSA) is 90.7 Å². The van der Waals surface area contributed by atoms with Crippen molar-refractivity contribution in [3.63, 3.8) is 0 Å². The molecule has 96 valence electrons. The van der Waals surface area contributed by atoms with Crippen LogP contribution >= 0.6 is 11.3 Å². The summed E-state index contributed by atoms with van der Waals surface area (Å²) in [5, 5.41) is 6.97. The molecule has 0 saturated carbocycles. The Morgan fingerprint density at radius 2 is 2.26 bits per heavy atom. The molecule has 0 fully saturated rings. The lowest BCUT2D eigenvalue weighted by atomic mass is 10.2. The molecule has 0 radical (unpaired) electrons. The quantitative estimate of drug-likeness (QED) is 0.785. The van der Waals surface area contributed by atoms with Gasteiger partial charge in [0.25, 0.3) is 5.89 Å². The van der Waals surface area contributed by atoms with Gasteiger partial charge >= 0.3 is 0 Å². The van der Waals surface area contributed by atoms with E-state index in [-0.39, 0.29) is 0 Å². The van der Waals surface area contributed by atoms with Crippen molar-refractivity contribution in [2.75, 3.05) is 5.73 Å². The molecule has 0 unspecified atom stereocenters. The molecule has 0 aromatic carbocycles. The van der Waals surface area contributed by atoms with Gasteiger partial charge in [0.1, 0.15) is 5.82 Å². The van der Waals surface area contributed by atoms with Gasteiger partial charge in [0, 0.05) is 17.1 Å². The molecule has 0 aliphatic heterocycles. The van der Waals surface area contributed by atoms with Crippen molar-refractivity contribution in [3.05, 3.63) is 40.2 Å². The predicted octanol–water partition coefficient (Wildman–Crippen LogP) is 2.07. The van der Waals surface area contributed by atoms with Gasteiger partial charge in [0.2, 0.25) is 0 Å². The lowest BCUT2D eigenvalue weighted by Crippen LogP contribution is -1.92. The van der Waals surface area contributed by atoms with Crippen molar-refractivity contribution >= 4 is 17.2 Å². The van der Waals surface area contributed by atoms with Crippen molar-refractivity contribution in [2.45, 2.75) is 13.3 Å². The maximum Gasteiger partial charge on any atom is 0.258 e. The van der Waals surface area contributed by atoms with Gasteiger partial charge in [-0.15, -0.1) is 11.3 Å². The lowest BCUT2D eigenvalue weighted by Gasteiger charge is -1.94. The van der Waals surface area contributed by atoms with Gasteiger partial charge in [0.15, 0.2) is 5.82 Å². The van der Waals surface area contributed by atoms with E-state index in [1.54, 1.807) is 29.7 Å². The van der Waals surface area contributed by atoms with Crippen LogP contribution in [0.4, 0.5) is 5.82 Å². The fourth-order valence-electron chi connectivity index (χ4n) is 1.68. The van der Waals surface area contributed by atoms with E-state index in [2.05, 4.69) is 20.1 Å². The van der Waals surface area contributed by atoms with Crippen molar-refractivity contribution in [1.82, 2.24) is 20.1 Å². The van der Waals surface area contributed by atoms with Gasteiger partial charge in [-0.25, -0.2) is 9.97 Å². The average Bonchev–Trinajstić information content (AvgIpc) is 2.99. The van der Waals surface area contributed by atoms with Crippen molar-refractivity contribution in [1.29, 1.82) is 0 Å². The average molecular weight is 273 g/mol. The monoisotopic (exact) mass is 273 g/mol. The van der Waals surface area contributed by atoms with E-state index in [1.165, 1.54) is 0 Å². The first-order valence-corrected chi connectivity index (χ1v) is 6.54. The predicted molar refractivity (Wildman–Crippen MR) is 71.6 cm³/mol. The molecule has 6 nitrogen and oxygen atoms in total. The van der Waals surface area contributed by atoms with Crippen LogP contribution in [0.1, 0.15) is 16.5 Å². The normalized spacial score (nSPS) is 10.8. The first kappa shape index (κ1) is 11.8. The zero-order chi connectivity index (χ0) is 13.2. The molecular formula is C12H11N5OS. The lowest BCUT2D eigenvalue weighted by molar-refractivity contribution is 0.423. The summed E-state index contributed by atoms with van der Waals surface area (Å²) in [6.07, 6.45) is 2.17. The highest BCUT2D eigenvalue weighted by atomic mass is 32.1. The molecule has 3 rings (SSSR count). The van der Waals surface area contributed by atoms with Crippen molar-refractivity contribution in [3.8, 4) is 11.5 Å². The molecule has 2 N–H and O–H groups in total. The van der Waals surface area contributed by atoms with Crippen LogP contribution in [-0.4, -0.2) is 20.1 Å². The second-order valence-corrected chi connectivity index (χ2v) is 5.08. The Hall–Kier alpha value is -2.28. The maximum absolute atomic E-state index is 5.62. The molecule has 0 saturated heterocycles. The van der Waals surface area contributed by atoms with Gasteiger partial charge in [-0.3, -0.25) is 0 Å². The Morgan fingerprint density at radius 3 is 3.00 bits per heavy atom. The van der Waals surface area contributed by atoms with E-state index in [9.17, 15) is 0 Å². The molecule has 0 spiro atoms. The van der Waals surface area contributed by atoms with Gasteiger partial charge < -0.3 is 10.3 Å². The number of hydrogen-bond acceptors (Lipinski definition) is 7. The summed E-state index contributed by atoms with van der Waals surface area (Å²) < 4.78 is 5.22. The summed E-state index contributed by atoms with van der Waals surface area (Å²) in [4.78, 5) is 12.6. The minimum Gasteiger partial charge on any atom is -0.384 e. The minimum atomic E-state index is 0.423. The zero-order valence-electron chi connectivity index (χ0n) is 10.2. The fraction of sp³-hybridized carbons (Fsp3) is 0.167. The molecule has 0 amide bonds. The summed E-state index contributed by atoms with van der Waals surface area (Å²) in [6, 6.07) is 3.48. The Labute approximate surface area is 113 Å². The number of aromatic nitrogens is 4. The van der Waals surface area contributed by atoms with Crippen LogP contribution in [0, 0.1) is 6.92 Å². The van der Waals surface area contributed by atoms with E-state index < -0.39 is 0 Å². The number of aryl methyl sites for hydroxylation is 1. The fourth-order valence-corrected chi connectivity index (χ4v) is 2.29. The summed E-state index contributed by atoms with van der Waals surface area (Å²) in [6.45, 7) is 1.97. The SMILES string of the molecule is Cc1nc(Cc2noc(-c3ccnc(N)c3)n2)cs1. The van der Waals surface area contributed by atoms with Crippen molar-refractivity contribution < 1.29 is 4.52 Å². The minimum absolute atomic E-state index is 0.423. The van der Waals surface area contributed by atoms with E-state index in [1.807, 2.05) is 12.3 Å². The van der Waals surface area contributed by atoms with Gasteiger partial charge in [-0.2, -0.15) is 4.98 Å². The molecule has 3 heterocycles. The highest BCUT2D eigenvalue weighted by Gasteiger charge is 2.11. The number of anilines is 1. The van der Waals surface area contributed by atoms with E-state index in [0.717, 1.165) is 16.3 Å².